The Balaban J connectivity index is 2.00. The highest BCUT2D eigenvalue weighted by Gasteiger charge is 2.13. The molecule has 0 saturated carbocycles. The van der Waals surface area contributed by atoms with E-state index in [2.05, 4.69) is 4.99 Å². The van der Waals surface area contributed by atoms with Crippen LogP contribution in [-0.4, -0.2) is 26.8 Å². The number of aromatic carboxylic acids is 1. The lowest BCUT2D eigenvalue weighted by atomic mass is 10.2. The summed E-state index contributed by atoms with van der Waals surface area (Å²) in [6.45, 7) is 3.77. The Morgan fingerprint density at radius 1 is 1.21 bits per heavy atom. The molecule has 0 aliphatic heterocycles. The van der Waals surface area contributed by atoms with Crippen molar-refractivity contribution in [1.82, 2.24) is 4.57 Å². The fourth-order valence-corrected chi connectivity index (χ4v) is 3.11. The van der Waals surface area contributed by atoms with Gasteiger partial charge >= 0.3 is 5.97 Å². The lowest BCUT2D eigenvalue weighted by Crippen LogP contribution is -2.00. The second-order valence-electron chi connectivity index (χ2n) is 6.17. The first-order chi connectivity index (χ1) is 13.3. The van der Waals surface area contributed by atoms with Crippen molar-refractivity contribution in [2.75, 3.05) is 0 Å². The van der Waals surface area contributed by atoms with Gasteiger partial charge in [0.05, 0.1) is 26.9 Å². The molecule has 0 atom stereocenters. The van der Waals surface area contributed by atoms with Crippen molar-refractivity contribution in [2.24, 2.45) is 4.99 Å². The van der Waals surface area contributed by atoms with Crippen LogP contribution in [0.25, 0.3) is 5.69 Å². The molecule has 0 radical (unpaired) electrons. The Kier molecular flexibility index (Phi) is 5.28. The van der Waals surface area contributed by atoms with Crippen molar-refractivity contribution in [3.63, 3.8) is 0 Å². The molecule has 28 heavy (non-hydrogen) atoms. The number of nitro groups is 1. The van der Waals surface area contributed by atoms with Crippen molar-refractivity contribution in [1.29, 1.82) is 0 Å². The van der Waals surface area contributed by atoms with E-state index in [0.717, 1.165) is 17.0 Å². The van der Waals surface area contributed by atoms with Gasteiger partial charge in [-0.3, -0.25) is 15.1 Å². The Bertz CT molecular complexity index is 1120. The second kappa shape index (κ2) is 7.66. The molecular formula is C20H16ClN3O4. The van der Waals surface area contributed by atoms with E-state index in [1.54, 1.807) is 18.3 Å². The van der Waals surface area contributed by atoms with Crippen molar-refractivity contribution in [3.05, 3.63) is 86.2 Å². The molecule has 0 fully saturated rings. The van der Waals surface area contributed by atoms with E-state index < -0.39 is 10.9 Å². The van der Waals surface area contributed by atoms with Crippen LogP contribution in [0.15, 0.2) is 53.5 Å². The predicted molar refractivity (Wildman–Crippen MR) is 108 cm³/mol. The van der Waals surface area contributed by atoms with Crippen LogP contribution >= 0.6 is 11.6 Å². The minimum absolute atomic E-state index is 0.0116. The average Bonchev–Trinajstić information content (AvgIpc) is 2.94. The van der Waals surface area contributed by atoms with Crippen LogP contribution in [0.4, 0.5) is 11.4 Å². The number of aliphatic imine (C=N–C) groups is 1. The van der Waals surface area contributed by atoms with Gasteiger partial charge in [0.15, 0.2) is 0 Å². The van der Waals surface area contributed by atoms with Crippen LogP contribution in [-0.2, 0) is 0 Å². The van der Waals surface area contributed by atoms with Gasteiger partial charge in [-0.1, -0.05) is 17.7 Å². The number of non-ortho nitro benzene ring substituents is 1. The molecule has 1 aromatic heterocycles. The highest BCUT2D eigenvalue weighted by molar-refractivity contribution is 6.33. The Labute approximate surface area is 165 Å². The molecular weight excluding hydrogens is 382 g/mol. The summed E-state index contributed by atoms with van der Waals surface area (Å²) >= 11 is 6.11. The number of aryl methyl sites for hydroxylation is 1. The lowest BCUT2D eigenvalue weighted by molar-refractivity contribution is -0.384. The third-order valence-electron chi connectivity index (χ3n) is 4.30. The lowest BCUT2D eigenvalue weighted by Gasteiger charge is -2.09. The Morgan fingerprint density at radius 2 is 1.96 bits per heavy atom. The standard InChI is InChI=1S/C20H16ClN3O4/c1-12-8-15(11-22-19-9-14(20(25)26)6-7-18(19)21)13(2)23(12)16-4-3-5-17(10-16)24(27)28/h3-11H,1-2H3,(H,25,26). The Hall–Kier alpha value is -3.45. The van der Waals surface area contributed by atoms with Crippen molar-refractivity contribution in [3.8, 4) is 5.69 Å². The number of halogens is 1. The fourth-order valence-electron chi connectivity index (χ4n) is 2.95. The molecule has 0 bridgehead atoms. The quantitative estimate of drug-likeness (QED) is 0.367. The summed E-state index contributed by atoms with van der Waals surface area (Å²) in [6.07, 6.45) is 1.60. The number of carboxylic acids is 1. The van der Waals surface area contributed by atoms with E-state index >= 15 is 0 Å². The summed E-state index contributed by atoms with van der Waals surface area (Å²) in [6, 6.07) is 12.6. The van der Waals surface area contributed by atoms with E-state index in [1.165, 1.54) is 30.3 Å². The molecule has 2 aromatic carbocycles. The topological polar surface area (TPSA) is 97.7 Å². The number of carboxylic acid groups (broad SMARTS) is 1. The van der Waals surface area contributed by atoms with Gasteiger partial charge < -0.3 is 9.67 Å². The molecule has 1 heterocycles. The van der Waals surface area contributed by atoms with Gasteiger partial charge in [-0.15, -0.1) is 0 Å². The van der Waals surface area contributed by atoms with E-state index in [1.807, 2.05) is 24.5 Å². The third kappa shape index (κ3) is 3.79. The van der Waals surface area contributed by atoms with Gasteiger partial charge in [0.1, 0.15) is 0 Å². The van der Waals surface area contributed by atoms with Crippen LogP contribution in [0, 0.1) is 24.0 Å². The molecule has 0 spiro atoms. The molecule has 3 rings (SSSR count). The maximum absolute atomic E-state index is 11.1. The minimum Gasteiger partial charge on any atom is -0.478 e. The molecule has 3 aromatic rings. The number of hydrogen-bond acceptors (Lipinski definition) is 4. The van der Waals surface area contributed by atoms with Crippen LogP contribution in [0.5, 0.6) is 0 Å². The molecule has 1 N–H and O–H groups in total. The van der Waals surface area contributed by atoms with Gasteiger partial charge in [0.2, 0.25) is 0 Å². The number of benzene rings is 2. The molecule has 0 aliphatic rings. The number of aromatic nitrogens is 1. The summed E-state index contributed by atoms with van der Waals surface area (Å²) < 4.78 is 1.89. The van der Waals surface area contributed by atoms with Crippen LogP contribution in [0.3, 0.4) is 0 Å². The maximum Gasteiger partial charge on any atom is 0.335 e. The SMILES string of the molecule is Cc1cc(C=Nc2cc(C(=O)O)ccc2Cl)c(C)n1-c1cccc([N+](=O)[O-])c1. The summed E-state index contributed by atoms with van der Waals surface area (Å²) in [7, 11) is 0. The molecule has 0 saturated heterocycles. The number of nitrogens with zero attached hydrogens (tertiary/aromatic N) is 3. The van der Waals surface area contributed by atoms with Crippen LogP contribution in [0.2, 0.25) is 5.02 Å². The van der Waals surface area contributed by atoms with Gasteiger partial charge in [0, 0.05) is 35.3 Å². The largest absolute Gasteiger partial charge is 0.478 e. The van der Waals surface area contributed by atoms with Crippen molar-refractivity contribution >= 4 is 35.2 Å². The molecule has 0 amide bonds. The third-order valence-corrected chi connectivity index (χ3v) is 4.62. The second-order valence-corrected chi connectivity index (χ2v) is 6.58. The zero-order chi connectivity index (χ0) is 20.4. The molecule has 8 heteroatoms. The van der Waals surface area contributed by atoms with E-state index in [9.17, 15) is 14.9 Å². The number of nitro benzene ring substituents is 1. The minimum atomic E-state index is -1.06. The van der Waals surface area contributed by atoms with E-state index in [4.69, 9.17) is 16.7 Å². The highest BCUT2D eigenvalue weighted by atomic mass is 35.5. The van der Waals surface area contributed by atoms with Crippen LogP contribution in [0.1, 0.15) is 27.3 Å². The predicted octanol–water partition coefficient (Wildman–Crippen LogP) is 5.10. The number of hydrogen-bond donors (Lipinski definition) is 1. The van der Waals surface area contributed by atoms with Gasteiger partial charge in [-0.05, 0) is 44.2 Å². The molecule has 0 aliphatic carbocycles. The first-order valence-electron chi connectivity index (χ1n) is 8.28. The molecule has 0 unspecified atom stereocenters. The van der Waals surface area contributed by atoms with Crippen molar-refractivity contribution < 1.29 is 14.8 Å². The number of carbonyl (C=O) groups is 1. The van der Waals surface area contributed by atoms with Gasteiger partial charge in [-0.25, -0.2) is 4.79 Å². The average molecular weight is 398 g/mol. The van der Waals surface area contributed by atoms with Crippen molar-refractivity contribution in [2.45, 2.75) is 13.8 Å². The number of rotatable bonds is 5. The summed E-state index contributed by atoms with van der Waals surface area (Å²) in [5.41, 5.74) is 3.64. The van der Waals surface area contributed by atoms with E-state index in [-0.39, 0.29) is 11.3 Å². The summed E-state index contributed by atoms with van der Waals surface area (Å²) in [5, 5.41) is 20.5. The summed E-state index contributed by atoms with van der Waals surface area (Å²) in [5.74, 6) is -1.06. The molecule has 7 nitrogen and oxygen atoms in total. The first kappa shape index (κ1) is 19.3. The first-order valence-corrected chi connectivity index (χ1v) is 8.66. The smallest absolute Gasteiger partial charge is 0.335 e. The van der Waals surface area contributed by atoms with E-state index in [0.29, 0.717) is 16.4 Å². The molecule has 142 valence electrons. The maximum atomic E-state index is 11.1. The fraction of sp³-hybridized carbons (Fsp3) is 0.100. The monoisotopic (exact) mass is 397 g/mol. The van der Waals surface area contributed by atoms with Gasteiger partial charge in [-0.2, -0.15) is 0 Å². The normalized spacial score (nSPS) is 11.1. The van der Waals surface area contributed by atoms with Crippen LogP contribution < -0.4 is 0 Å². The zero-order valence-electron chi connectivity index (χ0n) is 15.1. The van der Waals surface area contributed by atoms with Gasteiger partial charge in [0.25, 0.3) is 5.69 Å². The highest BCUT2D eigenvalue weighted by Crippen LogP contribution is 2.27. The Morgan fingerprint density at radius 3 is 2.64 bits per heavy atom. The summed E-state index contributed by atoms with van der Waals surface area (Å²) in [4.78, 5) is 26.1. The zero-order valence-corrected chi connectivity index (χ0v) is 15.8.